The van der Waals surface area contributed by atoms with Crippen molar-refractivity contribution in [1.82, 2.24) is 9.97 Å². The Hall–Kier alpha value is -1.39. The van der Waals surface area contributed by atoms with Gasteiger partial charge in [0.05, 0.1) is 6.20 Å². The topological polar surface area (TPSA) is 63.8 Å². The second-order valence-corrected chi connectivity index (χ2v) is 4.18. The molecule has 0 spiro atoms. The van der Waals surface area contributed by atoms with Crippen molar-refractivity contribution in [3.05, 3.63) is 12.0 Å². The maximum Gasteiger partial charge on any atom is 0.222 e. The highest BCUT2D eigenvalue weighted by molar-refractivity contribution is 5.40. The summed E-state index contributed by atoms with van der Waals surface area (Å²) in [6.45, 7) is 2.20. The fourth-order valence-electron chi connectivity index (χ4n) is 2.01. The molecule has 1 heterocycles. The first kappa shape index (κ1) is 10.1. The van der Waals surface area contributed by atoms with Gasteiger partial charge in [0.25, 0.3) is 0 Å². The molecule has 0 saturated heterocycles. The van der Waals surface area contributed by atoms with Gasteiger partial charge >= 0.3 is 0 Å². The third kappa shape index (κ3) is 2.34. The lowest BCUT2D eigenvalue weighted by Gasteiger charge is -2.13. The molecule has 1 fully saturated rings. The Morgan fingerprint density at radius 1 is 1.53 bits per heavy atom. The molecule has 2 unspecified atom stereocenters. The van der Waals surface area contributed by atoms with Crippen LogP contribution in [0.25, 0.3) is 0 Å². The Balaban J connectivity index is 2.07. The highest BCUT2D eigenvalue weighted by Crippen LogP contribution is 2.27. The number of hydrogen-bond acceptors (Lipinski definition) is 4. The maximum atomic E-state index is 13.3. The maximum absolute atomic E-state index is 13.3. The van der Waals surface area contributed by atoms with Crippen molar-refractivity contribution in [2.24, 2.45) is 5.92 Å². The average Bonchev–Trinajstić information content (AvgIpc) is 2.58. The lowest BCUT2D eigenvalue weighted by molar-refractivity contribution is 0.593. The first-order valence-corrected chi connectivity index (χ1v) is 5.19. The van der Waals surface area contributed by atoms with Crippen LogP contribution in [-0.4, -0.2) is 16.0 Å². The number of nitrogen functional groups attached to an aromatic ring is 1. The molecule has 2 rings (SSSR count). The summed E-state index contributed by atoms with van der Waals surface area (Å²) >= 11 is 0. The Bertz CT molecular complexity index is 355. The summed E-state index contributed by atoms with van der Waals surface area (Å²) < 4.78 is 13.3. The van der Waals surface area contributed by atoms with Gasteiger partial charge in [-0.25, -0.2) is 9.37 Å². The molecule has 1 aromatic rings. The number of nitrogens with zero attached hydrogens (tertiary/aromatic N) is 2. The van der Waals surface area contributed by atoms with Gasteiger partial charge in [0.1, 0.15) is 0 Å². The molecule has 0 aromatic carbocycles. The number of hydrogen-bond donors (Lipinski definition) is 2. The fourth-order valence-corrected chi connectivity index (χ4v) is 2.01. The smallest absolute Gasteiger partial charge is 0.222 e. The van der Waals surface area contributed by atoms with E-state index in [9.17, 15) is 4.39 Å². The van der Waals surface area contributed by atoms with E-state index in [1.807, 2.05) is 0 Å². The molecule has 4 nitrogen and oxygen atoms in total. The van der Waals surface area contributed by atoms with Crippen LogP contribution in [0.2, 0.25) is 0 Å². The summed E-state index contributed by atoms with van der Waals surface area (Å²) in [5.41, 5.74) is 5.40. The minimum absolute atomic E-state index is 0.102. The third-order valence-corrected chi connectivity index (χ3v) is 2.80. The van der Waals surface area contributed by atoms with Crippen molar-refractivity contribution in [1.29, 1.82) is 0 Å². The Morgan fingerprint density at radius 3 is 3.00 bits per heavy atom. The molecular formula is C10H15FN4. The molecule has 0 radical (unpaired) electrons. The Kier molecular flexibility index (Phi) is 2.70. The molecule has 0 amide bonds. The van der Waals surface area contributed by atoms with Crippen LogP contribution in [-0.2, 0) is 0 Å². The highest BCUT2D eigenvalue weighted by atomic mass is 19.1. The highest BCUT2D eigenvalue weighted by Gasteiger charge is 2.22. The number of rotatable bonds is 2. The molecule has 2 atom stereocenters. The summed E-state index contributed by atoms with van der Waals surface area (Å²) in [5, 5.41) is 3.07. The van der Waals surface area contributed by atoms with Gasteiger partial charge in [0, 0.05) is 6.04 Å². The average molecular weight is 210 g/mol. The predicted molar refractivity (Wildman–Crippen MR) is 56.8 cm³/mol. The zero-order valence-corrected chi connectivity index (χ0v) is 8.70. The second kappa shape index (κ2) is 4.00. The van der Waals surface area contributed by atoms with Crippen LogP contribution in [0.5, 0.6) is 0 Å². The number of nitrogens with two attached hydrogens (primary N) is 1. The van der Waals surface area contributed by atoms with Crippen LogP contribution >= 0.6 is 0 Å². The van der Waals surface area contributed by atoms with Crippen LogP contribution in [0.4, 0.5) is 16.2 Å². The van der Waals surface area contributed by atoms with Crippen molar-refractivity contribution in [3.8, 4) is 0 Å². The molecule has 1 aliphatic carbocycles. The minimum atomic E-state index is -0.441. The van der Waals surface area contributed by atoms with Crippen LogP contribution in [0, 0.1) is 11.7 Å². The number of anilines is 2. The van der Waals surface area contributed by atoms with Crippen molar-refractivity contribution >= 4 is 11.8 Å². The first-order valence-electron chi connectivity index (χ1n) is 5.19. The second-order valence-electron chi connectivity index (χ2n) is 4.18. The van der Waals surface area contributed by atoms with E-state index in [0.717, 1.165) is 19.0 Å². The molecule has 1 aromatic heterocycles. The summed E-state index contributed by atoms with van der Waals surface area (Å²) in [7, 11) is 0. The number of aromatic nitrogens is 2. The van der Waals surface area contributed by atoms with Crippen LogP contribution in [0.3, 0.4) is 0 Å². The molecule has 0 aliphatic heterocycles. The van der Waals surface area contributed by atoms with Gasteiger partial charge in [-0.05, 0) is 25.2 Å². The van der Waals surface area contributed by atoms with Gasteiger partial charge in [0.15, 0.2) is 11.6 Å². The lowest BCUT2D eigenvalue weighted by Crippen LogP contribution is -2.18. The van der Waals surface area contributed by atoms with Crippen molar-refractivity contribution in [2.45, 2.75) is 32.2 Å². The predicted octanol–water partition coefficient (Wildman–Crippen LogP) is 1.80. The molecule has 82 valence electrons. The van der Waals surface area contributed by atoms with E-state index in [4.69, 9.17) is 5.73 Å². The zero-order chi connectivity index (χ0) is 10.8. The van der Waals surface area contributed by atoms with Crippen molar-refractivity contribution in [3.63, 3.8) is 0 Å². The summed E-state index contributed by atoms with van der Waals surface area (Å²) in [4.78, 5) is 7.42. The molecule has 1 saturated carbocycles. The van der Waals surface area contributed by atoms with Crippen molar-refractivity contribution < 1.29 is 4.39 Å². The largest absolute Gasteiger partial charge is 0.368 e. The van der Waals surface area contributed by atoms with Crippen molar-refractivity contribution in [2.75, 3.05) is 11.1 Å². The van der Waals surface area contributed by atoms with E-state index < -0.39 is 5.82 Å². The normalized spacial score (nSPS) is 25.5. The Morgan fingerprint density at radius 2 is 2.33 bits per heavy atom. The molecule has 3 N–H and O–H groups in total. The van der Waals surface area contributed by atoms with Gasteiger partial charge in [-0.1, -0.05) is 6.92 Å². The van der Waals surface area contributed by atoms with Gasteiger partial charge < -0.3 is 11.1 Å². The molecular weight excluding hydrogens is 195 g/mol. The summed E-state index contributed by atoms with van der Waals surface area (Å²) in [5.74, 6) is 0.583. The monoisotopic (exact) mass is 210 g/mol. The third-order valence-electron chi connectivity index (χ3n) is 2.80. The summed E-state index contributed by atoms with van der Waals surface area (Å²) in [6.07, 6.45) is 4.40. The van der Waals surface area contributed by atoms with E-state index in [0.29, 0.717) is 12.0 Å². The van der Waals surface area contributed by atoms with Gasteiger partial charge in [-0.3, -0.25) is 0 Å². The van der Waals surface area contributed by atoms with E-state index in [-0.39, 0.29) is 11.8 Å². The number of nitrogens with one attached hydrogen (secondary N) is 1. The molecule has 0 bridgehead atoms. The van der Waals surface area contributed by atoms with E-state index >= 15 is 0 Å². The van der Waals surface area contributed by atoms with Crippen LogP contribution < -0.4 is 11.1 Å². The summed E-state index contributed by atoms with van der Waals surface area (Å²) in [6, 6.07) is 0.309. The van der Waals surface area contributed by atoms with Crippen LogP contribution in [0.1, 0.15) is 26.2 Å². The van der Waals surface area contributed by atoms with Gasteiger partial charge in [0.2, 0.25) is 5.95 Å². The van der Waals surface area contributed by atoms with Crippen LogP contribution in [0.15, 0.2) is 6.20 Å². The molecule has 5 heteroatoms. The molecule has 15 heavy (non-hydrogen) atoms. The minimum Gasteiger partial charge on any atom is -0.368 e. The number of halogens is 1. The SMILES string of the molecule is CC1CCC(Nc2nc(N)ncc2F)C1. The van der Waals surface area contributed by atoms with E-state index in [1.165, 1.54) is 6.42 Å². The standard InChI is InChI=1S/C10H15FN4/c1-6-2-3-7(4-6)14-9-8(11)5-13-10(12)15-9/h5-7H,2-4H2,1H3,(H3,12,13,14,15). The van der Waals surface area contributed by atoms with E-state index in [2.05, 4.69) is 22.2 Å². The van der Waals surface area contributed by atoms with Gasteiger partial charge in [-0.15, -0.1) is 0 Å². The lowest BCUT2D eigenvalue weighted by atomic mass is 10.1. The van der Waals surface area contributed by atoms with E-state index in [1.54, 1.807) is 0 Å². The fraction of sp³-hybridized carbons (Fsp3) is 0.600. The molecule has 1 aliphatic rings. The quantitative estimate of drug-likeness (QED) is 0.781. The zero-order valence-electron chi connectivity index (χ0n) is 8.70. The first-order chi connectivity index (χ1) is 7.15. The van der Waals surface area contributed by atoms with Gasteiger partial charge in [-0.2, -0.15) is 4.98 Å². The Labute approximate surface area is 88.1 Å².